The third-order valence-electron chi connectivity index (χ3n) is 3.76. The first kappa shape index (κ1) is 16.0. The number of rotatable bonds is 5. The molecule has 112 valence electrons. The minimum Gasteiger partial charge on any atom is -0.366 e. The van der Waals surface area contributed by atoms with Gasteiger partial charge in [0.25, 0.3) is 0 Å². The van der Waals surface area contributed by atoms with Gasteiger partial charge in [0.1, 0.15) is 5.82 Å². The molecule has 0 radical (unpaired) electrons. The van der Waals surface area contributed by atoms with Gasteiger partial charge >= 0.3 is 0 Å². The van der Waals surface area contributed by atoms with E-state index in [1.54, 1.807) is 12.1 Å². The molecule has 0 saturated carbocycles. The molecule has 0 aliphatic carbocycles. The van der Waals surface area contributed by atoms with Crippen molar-refractivity contribution in [2.45, 2.75) is 19.4 Å². The maximum atomic E-state index is 13.5. The van der Waals surface area contributed by atoms with Gasteiger partial charge in [0.05, 0.1) is 6.04 Å². The van der Waals surface area contributed by atoms with E-state index >= 15 is 0 Å². The molecular weight excluding hydrogens is 331 g/mol. The number of likely N-dealkylation sites (N-methyl/N-ethyl adjacent to an activating group) is 1. The molecule has 0 saturated heterocycles. The number of hydrogen-bond donors (Lipinski definition) is 1. The van der Waals surface area contributed by atoms with Gasteiger partial charge in [0, 0.05) is 23.8 Å². The second-order valence-corrected chi connectivity index (χ2v) is 5.90. The maximum Gasteiger partial charge on any atom is 0.123 e. The summed E-state index contributed by atoms with van der Waals surface area (Å²) in [6.45, 7) is 2.54. The van der Waals surface area contributed by atoms with Gasteiger partial charge in [-0.15, -0.1) is 0 Å². The van der Waals surface area contributed by atoms with E-state index in [-0.39, 0.29) is 11.9 Å². The molecule has 1 atom stereocenters. The minimum absolute atomic E-state index is 0.0810. The third-order valence-corrected chi connectivity index (χ3v) is 4.48. The summed E-state index contributed by atoms with van der Waals surface area (Å²) in [5, 5.41) is 0. The lowest BCUT2D eigenvalue weighted by Crippen LogP contribution is -2.30. The van der Waals surface area contributed by atoms with Crippen molar-refractivity contribution in [1.29, 1.82) is 0 Å². The number of anilines is 1. The first-order valence-electron chi connectivity index (χ1n) is 7.03. The molecule has 0 heterocycles. The van der Waals surface area contributed by atoms with Crippen LogP contribution in [0, 0.1) is 5.82 Å². The molecule has 4 heteroatoms. The fourth-order valence-electron chi connectivity index (χ4n) is 2.41. The molecule has 1 unspecified atom stereocenters. The summed E-state index contributed by atoms with van der Waals surface area (Å²) < 4.78 is 14.4. The highest BCUT2D eigenvalue weighted by atomic mass is 79.9. The van der Waals surface area contributed by atoms with Crippen molar-refractivity contribution in [2.24, 2.45) is 5.73 Å². The minimum atomic E-state index is -0.249. The Morgan fingerprint density at radius 1 is 1.19 bits per heavy atom. The Labute approximate surface area is 133 Å². The van der Waals surface area contributed by atoms with Crippen molar-refractivity contribution < 1.29 is 4.39 Å². The van der Waals surface area contributed by atoms with Crippen LogP contribution in [0.4, 0.5) is 10.1 Å². The number of halogens is 2. The molecule has 2 N–H and O–H groups in total. The van der Waals surface area contributed by atoms with Crippen molar-refractivity contribution in [2.75, 3.05) is 18.5 Å². The van der Waals surface area contributed by atoms with Crippen molar-refractivity contribution >= 4 is 21.6 Å². The maximum absolute atomic E-state index is 13.5. The second kappa shape index (κ2) is 7.05. The fraction of sp³-hybridized carbons (Fsp3) is 0.294. The van der Waals surface area contributed by atoms with E-state index < -0.39 is 0 Å². The molecule has 0 bridgehead atoms. The quantitative estimate of drug-likeness (QED) is 0.871. The molecular formula is C17H20BrFN2. The molecule has 0 fully saturated rings. The molecule has 2 nitrogen and oxygen atoms in total. The molecule has 0 aliphatic rings. The summed E-state index contributed by atoms with van der Waals surface area (Å²) >= 11 is 3.49. The van der Waals surface area contributed by atoms with Gasteiger partial charge < -0.3 is 10.6 Å². The Morgan fingerprint density at radius 3 is 2.43 bits per heavy atom. The third kappa shape index (κ3) is 3.63. The highest BCUT2D eigenvalue weighted by Crippen LogP contribution is 2.30. The summed E-state index contributed by atoms with van der Waals surface area (Å²) in [5.41, 5.74) is 9.16. The Balaban J connectivity index is 2.33. The zero-order valence-electron chi connectivity index (χ0n) is 12.3. The average molecular weight is 351 g/mol. The van der Waals surface area contributed by atoms with Crippen molar-refractivity contribution in [1.82, 2.24) is 0 Å². The predicted octanol–water partition coefficient (Wildman–Crippen LogP) is 4.29. The van der Waals surface area contributed by atoms with Gasteiger partial charge in [-0.05, 0) is 47.9 Å². The summed E-state index contributed by atoms with van der Waals surface area (Å²) in [6.07, 6.45) is 1.01. The van der Waals surface area contributed by atoms with Crippen molar-refractivity contribution in [3.8, 4) is 0 Å². The Kier molecular flexibility index (Phi) is 5.37. The largest absolute Gasteiger partial charge is 0.366 e. The lowest BCUT2D eigenvalue weighted by Gasteiger charge is -2.30. The topological polar surface area (TPSA) is 29.3 Å². The number of hydrogen-bond acceptors (Lipinski definition) is 2. The zero-order valence-corrected chi connectivity index (χ0v) is 13.9. The highest BCUT2D eigenvalue weighted by molar-refractivity contribution is 9.10. The highest BCUT2D eigenvalue weighted by Gasteiger charge is 2.19. The van der Waals surface area contributed by atoms with E-state index in [0.717, 1.165) is 22.1 Å². The van der Waals surface area contributed by atoms with Crippen LogP contribution in [0.25, 0.3) is 0 Å². The standard InChI is InChI=1S/C17H20BrFN2/c1-3-12-4-7-14(8-5-12)21(2)17(11-20)15-10-13(19)6-9-16(15)18/h4-10,17H,3,11,20H2,1-2H3. The molecule has 0 aromatic heterocycles. The van der Waals surface area contributed by atoms with Crippen LogP contribution in [0.3, 0.4) is 0 Å². The van der Waals surface area contributed by atoms with E-state index in [2.05, 4.69) is 52.0 Å². The SMILES string of the molecule is CCc1ccc(N(C)C(CN)c2cc(F)ccc2Br)cc1. The summed E-state index contributed by atoms with van der Waals surface area (Å²) in [6, 6.07) is 13.0. The van der Waals surface area contributed by atoms with E-state index in [1.807, 2.05) is 7.05 Å². The zero-order chi connectivity index (χ0) is 15.4. The Bertz CT molecular complexity index is 598. The molecule has 2 aromatic carbocycles. The molecule has 0 spiro atoms. The van der Waals surface area contributed by atoms with Crippen LogP contribution >= 0.6 is 15.9 Å². The fourth-order valence-corrected chi connectivity index (χ4v) is 2.92. The van der Waals surface area contributed by atoms with Gasteiger partial charge in [-0.1, -0.05) is 35.0 Å². The van der Waals surface area contributed by atoms with E-state index in [0.29, 0.717) is 6.54 Å². The summed E-state index contributed by atoms with van der Waals surface area (Å²) in [7, 11) is 1.98. The number of benzene rings is 2. The van der Waals surface area contributed by atoms with Gasteiger partial charge in [-0.2, -0.15) is 0 Å². The second-order valence-electron chi connectivity index (χ2n) is 5.05. The smallest absolute Gasteiger partial charge is 0.123 e. The number of aryl methyl sites for hydroxylation is 1. The van der Waals surface area contributed by atoms with E-state index in [4.69, 9.17) is 5.73 Å². The predicted molar refractivity (Wildman–Crippen MR) is 90.1 cm³/mol. The van der Waals surface area contributed by atoms with Crippen LogP contribution in [-0.2, 0) is 6.42 Å². The Morgan fingerprint density at radius 2 is 1.86 bits per heavy atom. The molecule has 21 heavy (non-hydrogen) atoms. The van der Waals surface area contributed by atoms with Crippen LogP contribution in [0.1, 0.15) is 24.1 Å². The summed E-state index contributed by atoms with van der Waals surface area (Å²) in [5.74, 6) is -0.249. The Hall–Kier alpha value is -1.39. The first-order chi connectivity index (χ1) is 10.1. The van der Waals surface area contributed by atoms with Crippen LogP contribution in [-0.4, -0.2) is 13.6 Å². The number of nitrogens with two attached hydrogens (primary N) is 1. The summed E-state index contributed by atoms with van der Waals surface area (Å²) in [4.78, 5) is 2.08. The lowest BCUT2D eigenvalue weighted by atomic mass is 10.0. The lowest BCUT2D eigenvalue weighted by molar-refractivity contribution is 0.614. The van der Waals surface area contributed by atoms with Gasteiger partial charge in [0.2, 0.25) is 0 Å². The van der Waals surface area contributed by atoms with Crippen LogP contribution in [0.5, 0.6) is 0 Å². The van der Waals surface area contributed by atoms with Crippen molar-refractivity contribution in [3.05, 3.63) is 63.9 Å². The molecule has 2 aromatic rings. The normalized spacial score (nSPS) is 12.2. The van der Waals surface area contributed by atoms with Crippen LogP contribution in [0.15, 0.2) is 46.9 Å². The van der Waals surface area contributed by atoms with Gasteiger partial charge in [0.15, 0.2) is 0 Å². The molecule has 0 amide bonds. The van der Waals surface area contributed by atoms with Gasteiger partial charge in [-0.3, -0.25) is 0 Å². The van der Waals surface area contributed by atoms with E-state index in [9.17, 15) is 4.39 Å². The van der Waals surface area contributed by atoms with E-state index in [1.165, 1.54) is 11.6 Å². The first-order valence-corrected chi connectivity index (χ1v) is 7.83. The average Bonchev–Trinajstić information content (AvgIpc) is 2.51. The number of nitrogens with zero attached hydrogens (tertiary/aromatic N) is 1. The van der Waals surface area contributed by atoms with Crippen molar-refractivity contribution in [3.63, 3.8) is 0 Å². The van der Waals surface area contributed by atoms with Crippen LogP contribution in [0.2, 0.25) is 0 Å². The van der Waals surface area contributed by atoms with Crippen LogP contribution < -0.4 is 10.6 Å². The monoisotopic (exact) mass is 350 g/mol. The molecule has 2 rings (SSSR count). The molecule has 0 aliphatic heterocycles. The van der Waals surface area contributed by atoms with Gasteiger partial charge in [-0.25, -0.2) is 4.39 Å².